The number of hydrogen-bond donors (Lipinski definition) is 1. The second-order valence-electron chi connectivity index (χ2n) is 3.42. The molecule has 0 unspecified atom stereocenters. The van der Waals surface area contributed by atoms with Gasteiger partial charge in [0, 0.05) is 5.56 Å². The van der Waals surface area contributed by atoms with Crippen molar-refractivity contribution in [3.8, 4) is 11.5 Å². The molecule has 0 radical (unpaired) electrons. The first-order valence-corrected chi connectivity index (χ1v) is 4.69. The molecule has 1 aliphatic rings. The maximum Gasteiger partial charge on any atom is 0.164 e. The maximum absolute atomic E-state index is 9.67. The third kappa shape index (κ3) is 1.24. The summed E-state index contributed by atoms with van der Waals surface area (Å²) in [7, 11) is 3.25. The lowest BCUT2D eigenvalue weighted by Gasteiger charge is -2.12. The Bertz CT molecular complexity index is 347. The van der Waals surface area contributed by atoms with Crippen molar-refractivity contribution in [2.45, 2.75) is 18.9 Å². The van der Waals surface area contributed by atoms with E-state index in [-0.39, 0.29) is 6.10 Å². The Morgan fingerprint density at radius 1 is 1.29 bits per heavy atom. The van der Waals surface area contributed by atoms with Crippen LogP contribution in [0.2, 0.25) is 0 Å². The topological polar surface area (TPSA) is 38.7 Å². The summed E-state index contributed by atoms with van der Waals surface area (Å²) in [6, 6.07) is 3.75. The van der Waals surface area contributed by atoms with Gasteiger partial charge in [0.05, 0.1) is 20.3 Å². The van der Waals surface area contributed by atoms with Gasteiger partial charge < -0.3 is 14.6 Å². The van der Waals surface area contributed by atoms with E-state index in [9.17, 15) is 5.11 Å². The van der Waals surface area contributed by atoms with Crippen LogP contribution in [0.25, 0.3) is 0 Å². The molecular formula is C11H14O3. The molecule has 0 amide bonds. The van der Waals surface area contributed by atoms with Crippen LogP contribution in [0.15, 0.2) is 12.1 Å². The highest BCUT2D eigenvalue weighted by molar-refractivity contribution is 5.53. The van der Waals surface area contributed by atoms with Gasteiger partial charge in [-0.1, -0.05) is 6.07 Å². The number of methoxy groups -OCH3 is 2. The Hall–Kier alpha value is -1.22. The lowest BCUT2D eigenvalue weighted by molar-refractivity contribution is 0.180. The molecule has 2 rings (SSSR count). The molecule has 0 saturated heterocycles. The molecule has 1 aromatic carbocycles. The molecule has 1 aliphatic carbocycles. The highest BCUT2D eigenvalue weighted by Gasteiger charge is 2.25. The van der Waals surface area contributed by atoms with Crippen LogP contribution < -0.4 is 9.47 Å². The quantitative estimate of drug-likeness (QED) is 0.778. The standard InChI is InChI=1S/C11H14O3/c1-13-10-6-4-7-8(11(10)14-2)3-5-9(7)12/h4,6,9,12H,3,5H2,1-2H3/t9-/m1/s1. The number of hydrogen-bond acceptors (Lipinski definition) is 3. The molecule has 0 spiro atoms. The zero-order chi connectivity index (χ0) is 10.1. The fraction of sp³-hybridized carbons (Fsp3) is 0.455. The molecule has 14 heavy (non-hydrogen) atoms. The Balaban J connectivity index is 2.54. The number of aliphatic hydroxyl groups is 1. The summed E-state index contributed by atoms with van der Waals surface area (Å²) in [4.78, 5) is 0. The number of benzene rings is 1. The molecule has 0 aliphatic heterocycles. The fourth-order valence-corrected chi connectivity index (χ4v) is 2.01. The number of aliphatic hydroxyl groups excluding tert-OH is 1. The molecule has 0 heterocycles. The second-order valence-corrected chi connectivity index (χ2v) is 3.42. The van der Waals surface area contributed by atoms with Crippen LogP contribution in [0.1, 0.15) is 23.7 Å². The molecule has 1 aromatic rings. The van der Waals surface area contributed by atoms with E-state index in [0.717, 1.165) is 35.5 Å². The summed E-state index contributed by atoms with van der Waals surface area (Å²) in [6.07, 6.45) is 1.29. The zero-order valence-electron chi connectivity index (χ0n) is 8.41. The van der Waals surface area contributed by atoms with Crippen LogP contribution in [-0.4, -0.2) is 19.3 Å². The predicted octanol–water partition coefficient (Wildman–Crippen LogP) is 1.68. The largest absolute Gasteiger partial charge is 0.493 e. The normalized spacial score (nSPS) is 19.2. The lowest BCUT2D eigenvalue weighted by atomic mass is 10.1. The van der Waals surface area contributed by atoms with Crippen molar-refractivity contribution < 1.29 is 14.6 Å². The van der Waals surface area contributed by atoms with Gasteiger partial charge in [-0.2, -0.15) is 0 Å². The van der Waals surface area contributed by atoms with Crippen molar-refractivity contribution in [1.29, 1.82) is 0 Å². The van der Waals surface area contributed by atoms with E-state index in [1.807, 2.05) is 12.1 Å². The minimum atomic E-state index is -0.343. The number of ether oxygens (including phenoxy) is 2. The Kier molecular flexibility index (Phi) is 2.33. The average Bonchev–Trinajstić information content (AvgIpc) is 2.59. The SMILES string of the molecule is COc1ccc2c(c1OC)CC[C@H]2O. The van der Waals surface area contributed by atoms with Gasteiger partial charge in [-0.05, 0) is 24.5 Å². The first-order chi connectivity index (χ1) is 6.77. The zero-order valence-corrected chi connectivity index (χ0v) is 8.41. The van der Waals surface area contributed by atoms with Crippen molar-refractivity contribution in [3.63, 3.8) is 0 Å². The van der Waals surface area contributed by atoms with Crippen molar-refractivity contribution in [3.05, 3.63) is 23.3 Å². The van der Waals surface area contributed by atoms with Crippen LogP contribution in [0, 0.1) is 0 Å². The van der Waals surface area contributed by atoms with Crippen molar-refractivity contribution in [1.82, 2.24) is 0 Å². The van der Waals surface area contributed by atoms with E-state index >= 15 is 0 Å². The van der Waals surface area contributed by atoms with Crippen LogP contribution in [-0.2, 0) is 6.42 Å². The first kappa shape index (κ1) is 9.34. The highest BCUT2D eigenvalue weighted by Crippen LogP contribution is 2.41. The predicted molar refractivity (Wildman–Crippen MR) is 52.8 cm³/mol. The third-order valence-electron chi connectivity index (χ3n) is 2.71. The van der Waals surface area contributed by atoms with Gasteiger partial charge in [0.1, 0.15) is 0 Å². The molecule has 0 saturated carbocycles. The van der Waals surface area contributed by atoms with Gasteiger partial charge >= 0.3 is 0 Å². The van der Waals surface area contributed by atoms with Crippen molar-refractivity contribution in [2.24, 2.45) is 0 Å². The molecule has 0 bridgehead atoms. The van der Waals surface area contributed by atoms with Crippen LogP contribution in [0.4, 0.5) is 0 Å². The summed E-state index contributed by atoms with van der Waals surface area (Å²) in [5.74, 6) is 1.50. The van der Waals surface area contributed by atoms with E-state index in [2.05, 4.69) is 0 Å². The molecular weight excluding hydrogens is 180 g/mol. The molecule has 1 atom stereocenters. The van der Waals surface area contributed by atoms with E-state index in [1.54, 1.807) is 14.2 Å². The summed E-state index contributed by atoms with van der Waals surface area (Å²) in [5, 5.41) is 9.67. The smallest absolute Gasteiger partial charge is 0.164 e. The average molecular weight is 194 g/mol. The van der Waals surface area contributed by atoms with Gasteiger partial charge in [-0.25, -0.2) is 0 Å². The van der Waals surface area contributed by atoms with Crippen LogP contribution in [0.5, 0.6) is 11.5 Å². The maximum atomic E-state index is 9.67. The van der Waals surface area contributed by atoms with Gasteiger partial charge in [-0.3, -0.25) is 0 Å². The van der Waals surface area contributed by atoms with E-state index in [0.29, 0.717) is 0 Å². The summed E-state index contributed by atoms with van der Waals surface area (Å²) < 4.78 is 10.5. The number of rotatable bonds is 2. The molecule has 0 fully saturated rings. The van der Waals surface area contributed by atoms with Crippen molar-refractivity contribution >= 4 is 0 Å². The Morgan fingerprint density at radius 3 is 2.71 bits per heavy atom. The summed E-state index contributed by atoms with van der Waals surface area (Å²) >= 11 is 0. The van der Waals surface area contributed by atoms with Crippen molar-refractivity contribution in [2.75, 3.05) is 14.2 Å². The van der Waals surface area contributed by atoms with E-state index in [4.69, 9.17) is 9.47 Å². The second kappa shape index (κ2) is 3.50. The molecule has 76 valence electrons. The Morgan fingerprint density at radius 2 is 2.07 bits per heavy atom. The fourth-order valence-electron chi connectivity index (χ4n) is 2.01. The highest BCUT2D eigenvalue weighted by atomic mass is 16.5. The minimum absolute atomic E-state index is 0.343. The summed E-state index contributed by atoms with van der Waals surface area (Å²) in [5.41, 5.74) is 2.06. The third-order valence-corrected chi connectivity index (χ3v) is 2.71. The summed E-state index contributed by atoms with van der Waals surface area (Å²) in [6.45, 7) is 0. The molecule has 3 heteroatoms. The van der Waals surface area contributed by atoms with Gasteiger partial charge in [0.25, 0.3) is 0 Å². The van der Waals surface area contributed by atoms with Gasteiger partial charge in [0.15, 0.2) is 11.5 Å². The first-order valence-electron chi connectivity index (χ1n) is 4.69. The minimum Gasteiger partial charge on any atom is -0.493 e. The van der Waals surface area contributed by atoms with Gasteiger partial charge in [0.2, 0.25) is 0 Å². The Labute approximate surface area is 83.3 Å². The lowest BCUT2D eigenvalue weighted by Crippen LogP contribution is -1.96. The number of fused-ring (bicyclic) bond motifs is 1. The van der Waals surface area contributed by atoms with E-state index in [1.165, 1.54) is 0 Å². The molecule has 0 aromatic heterocycles. The van der Waals surface area contributed by atoms with Crippen LogP contribution in [0.3, 0.4) is 0 Å². The van der Waals surface area contributed by atoms with Crippen LogP contribution >= 0.6 is 0 Å². The monoisotopic (exact) mass is 194 g/mol. The molecule has 3 nitrogen and oxygen atoms in total. The van der Waals surface area contributed by atoms with Gasteiger partial charge in [-0.15, -0.1) is 0 Å². The molecule has 1 N–H and O–H groups in total. The van der Waals surface area contributed by atoms with E-state index < -0.39 is 0 Å².